The zero-order chi connectivity index (χ0) is 20.8. The van der Waals surface area contributed by atoms with Gasteiger partial charge in [-0.05, 0) is 56.8 Å². The molecule has 2 aliphatic rings. The Labute approximate surface area is 168 Å². The van der Waals surface area contributed by atoms with Crippen molar-refractivity contribution in [1.82, 2.24) is 15.2 Å². The van der Waals surface area contributed by atoms with Gasteiger partial charge in [-0.3, -0.25) is 14.7 Å². The maximum atomic E-state index is 13.5. The fourth-order valence-electron chi connectivity index (χ4n) is 5.13. The van der Waals surface area contributed by atoms with Gasteiger partial charge >= 0.3 is 6.18 Å². The lowest BCUT2D eigenvalue weighted by Gasteiger charge is -2.41. The molecule has 2 aliphatic heterocycles. The van der Waals surface area contributed by atoms with Gasteiger partial charge in [0.25, 0.3) is 5.91 Å². The van der Waals surface area contributed by atoms with E-state index < -0.39 is 29.4 Å². The van der Waals surface area contributed by atoms with E-state index >= 15 is 0 Å². The van der Waals surface area contributed by atoms with Crippen molar-refractivity contribution in [2.24, 2.45) is 0 Å². The van der Waals surface area contributed by atoms with E-state index in [2.05, 4.69) is 22.2 Å². The largest absolute Gasteiger partial charge is 0.434 e. The summed E-state index contributed by atoms with van der Waals surface area (Å²) in [4.78, 5) is 19.0. The second kappa shape index (κ2) is 7.13. The van der Waals surface area contributed by atoms with E-state index in [1.807, 2.05) is 30.3 Å². The number of carbonyl (C=O) groups excluding carboxylic acids is 1. The Morgan fingerprint density at radius 2 is 1.86 bits per heavy atom. The third kappa shape index (κ3) is 3.31. The van der Waals surface area contributed by atoms with Crippen LogP contribution in [0.4, 0.5) is 13.2 Å². The van der Waals surface area contributed by atoms with Gasteiger partial charge in [0.05, 0.1) is 11.6 Å². The molecule has 1 unspecified atom stereocenters. The summed E-state index contributed by atoms with van der Waals surface area (Å²) in [6.45, 7) is 1.51. The van der Waals surface area contributed by atoms with Crippen molar-refractivity contribution in [2.45, 2.75) is 56.4 Å². The molecule has 4 rings (SSSR count). The highest BCUT2D eigenvalue weighted by atomic mass is 19.4. The van der Waals surface area contributed by atoms with Crippen LogP contribution in [0, 0.1) is 6.92 Å². The van der Waals surface area contributed by atoms with Crippen LogP contribution in [-0.4, -0.2) is 34.4 Å². The number of nitrogens with one attached hydrogen (secondary N) is 1. The number of hydrogen-bond acceptors (Lipinski definition) is 3. The number of rotatable bonds is 4. The van der Waals surface area contributed by atoms with Crippen LogP contribution in [0.3, 0.4) is 0 Å². The number of aromatic nitrogens is 1. The van der Waals surface area contributed by atoms with E-state index in [4.69, 9.17) is 0 Å². The van der Waals surface area contributed by atoms with E-state index in [9.17, 15) is 18.0 Å². The van der Waals surface area contributed by atoms with Crippen LogP contribution in [0.1, 0.15) is 58.9 Å². The van der Waals surface area contributed by atoms with Crippen molar-refractivity contribution in [2.75, 3.05) is 7.05 Å². The van der Waals surface area contributed by atoms with E-state index in [0.29, 0.717) is 6.04 Å². The van der Waals surface area contributed by atoms with Crippen LogP contribution < -0.4 is 5.32 Å². The lowest BCUT2D eigenvalue weighted by Crippen LogP contribution is -2.51. The van der Waals surface area contributed by atoms with Gasteiger partial charge in [0.15, 0.2) is 5.69 Å². The molecule has 0 saturated carbocycles. The van der Waals surface area contributed by atoms with E-state index in [0.717, 1.165) is 37.4 Å². The molecule has 2 bridgehead atoms. The second-order valence-corrected chi connectivity index (χ2v) is 8.11. The van der Waals surface area contributed by atoms with Crippen LogP contribution >= 0.6 is 0 Å². The summed E-state index contributed by atoms with van der Waals surface area (Å²) in [7, 11) is 2.06. The molecule has 2 saturated heterocycles. The number of benzene rings is 1. The zero-order valence-electron chi connectivity index (χ0n) is 16.5. The first-order valence-electron chi connectivity index (χ1n) is 9.85. The number of likely N-dealkylation sites (N-methyl/N-ethyl adjacent to an activating group) is 1. The predicted molar refractivity (Wildman–Crippen MR) is 103 cm³/mol. The Hall–Kier alpha value is -2.41. The molecule has 0 radical (unpaired) electrons. The van der Waals surface area contributed by atoms with Crippen LogP contribution in [0.15, 0.2) is 42.6 Å². The number of nitrogens with zero attached hydrogens (tertiary/aromatic N) is 2. The lowest BCUT2D eigenvalue weighted by molar-refractivity contribution is -0.141. The molecule has 7 heteroatoms. The number of pyridine rings is 1. The maximum absolute atomic E-state index is 13.5. The Kier molecular flexibility index (Phi) is 4.89. The molecule has 1 atom stereocenters. The summed E-state index contributed by atoms with van der Waals surface area (Å²) >= 11 is 0. The average molecular weight is 403 g/mol. The summed E-state index contributed by atoms with van der Waals surface area (Å²) in [5.74, 6) is -0.727. The van der Waals surface area contributed by atoms with Crippen LogP contribution in [-0.2, 0) is 6.18 Å². The van der Waals surface area contributed by atoms with Gasteiger partial charge in [0, 0.05) is 17.8 Å². The SMILES string of the molecule is Cc1ccnc(C(F)(F)F)c1C(=O)NC(c1ccccc1)C12CCC(CC1)N2C. The molecule has 4 nitrogen and oxygen atoms in total. The molecule has 2 fully saturated rings. The van der Waals surface area contributed by atoms with E-state index in [1.165, 1.54) is 13.0 Å². The minimum atomic E-state index is -4.69. The van der Waals surface area contributed by atoms with Crippen molar-refractivity contribution >= 4 is 5.91 Å². The number of amides is 1. The lowest BCUT2D eigenvalue weighted by atomic mass is 9.78. The summed E-state index contributed by atoms with van der Waals surface area (Å²) in [5, 5.41) is 2.97. The first-order chi connectivity index (χ1) is 13.7. The van der Waals surface area contributed by atoms with Gasteiger partial charge in [-0.15, -0.1) is 0 Å². The zero-order valence-corrected chi connectivity index (χ0v) is 16.5. The number of carbonyl (C=O) groups is 1. The molecule has 154 valence electrons. The van der Waals surface area contributed by atoms with Crippen molar-refractivity contribution < 1.29 is 18.0 Å². The first kappa shape index (κ1) is 19.9. The standard InChI is InChI=1S/C22H24F3N3O/c1-14-10-13-26-19(22(23,24)25)17(14)20(29)27-18(15-6-4-3-5-7-15)21-11-8-16(9-12-21)28(21)2/h3-7,10,13,16,18H,8-9,11-12H2,1-2H3,(H,27,29). The summed E-state index contributed by atoms with van der Waals surface area (Å²) in [6.07, 6.45) is 0.291. The molecule has 0 spiro atoms. The van der Waals surface area contributed by atoms with Crippen LogP contribution in [0.2, 0.25) is 0 Å². The molecule has 2 aromatic rings. The Morgan fingerprint density at radius 1 is 1.21 bits per heavy atom. The van der Waals surface area contributed by atoms with Crippen molar-refractivity contribution in [1.29, 1.82) is 0 Å². The summed E-state index contributed by atoms with van der Waals surface area (Å²) < 4.78 is 40.5. The predicted octanol–water partition coefficient (Wildman–Crippen LogP) is 4.51. The molecule has 1 amide bonds. The van der Waals surface area contributed by atoms with Gasteiger partial charge in [0.2, 0.25) is 0 Å². The third-order valence-electron chi connectivity index (χ3n) is 6.67. The maximum Gasteiger partial charge on any atom is 0.434 e. The monoisotopic (exact) mass is 403 g/mol. The smallest absolute Gasteiger partial charge is 0.343 e. The van der Waals surface area contributed by atoms with E-state index in [1.54, 1.807) is 0 Å². The average Bonchev–Trinajstić information content (AvgIpc) is 3.18. The number of alkyl halides is 3. The van der Waals surface area contributed by atoms with Gasteiger partial charge in [0.1, 0.15) is 0 Å². The highest BCUT2D eigenvalue weighted by Gasteiger charge is 2.55. The minimum absolute atomic E-state index is 0.262. The Morgan fingerprint density at radius 3 is 2.41 bits per heavy atom. The topological polar surface area (TPSA) is 45.2 Å². The van der Waals surface area contributed by atoms with Gasteiger partial charge in [-0.2, -0.15) is 13.2 Å². The molecule has 0 aliphatic carbocycles. The molecule has 1 aromatic heterocycles. The molecule has 1 N–H and O–H groups in total. The Bertz CT molecular complexity index is 905. The number of fused-ring (bicyclic) bond motifs is 2. The van der Waals surface area contributed by atoms with Gasteiger partial charge in [-0.1, -0.05) is 30.3 Å². The quantitative estimate of drug-likeness (QED) is 0.817. The van der Waals surface area contributed by atoms with E-state index in [-0.39, 0.29) is 11.1 Å². The first-order valence-corrected chi connectivity index (χ1v) is 9.85. The highest BCUT2D eigenvalue weighted by Crippen LogP contribution is 2.51. The number of hydrogen-bond donors (Lipinski definition) is 1. The molecule has 29 heavy (non-hydrogen) atoms. The summed E-state index contributed by atoms with van der Waals surface area (Å²) in [6, 6.07) is 11.0. The molecule has 1 aromatic carbocycles. The van der Waals surface area contributed by atoms with Crippen molar-refractivity contribution in [3.05, 3.63) is 65.0 Å². The third-order valence-corrected chi connectivity index (χ3v) is 6.67. The Balaban J connectivity index is 1.75. The normalized spacial score (nSPS) is 25.2. The van der Waals surface area contributed by atoms with Crippen molar-refractivity contribution in [3.63, 3.8) is 0 Å². The summed E-state index contributed by atoms with van der Waals surface area (Å²) in [5.41, 5.74) is -0.643. The van der Waals surface area contributed by atoms with Crippen LogP contribution in [0.25, 0.3) is 0 Å². The molecular weight excluding hydrogens is 379 g/mol. The highest BCUT2D eigenvalue weighted by molar-refractivity contribution is 5.97. The second-order valence-electron chi connectivity index (χ2n) is 8.11. The number of aryl methyl sites for hydroxylation is 1. The fraction of sp³-hybridized carbons (Fsp3) is 0.455. The molecular formula is C22H24F3N3O. The van der Waals surface area contributed by atoms with Crippen molar-refractivity contribution in [3.8, 4) is 0 Å². The minimum Gasteiger partial charge on any atom is -0.343 e. The fourth-order valence-corrected chi connectivity index (χ4v) is 5.13. The van der Waals surface area contributed by atoms with Crippen LogP contribution in [0.5, 0.6) is 0 Å². The number of halogens is 3. The van der Waals surface area contributed by atoms with Gasteiger partial charge < -0.3 is 5.32 Å². The van der Waals surface area contributed by atoms with Gasteiger partial charge in [-0.25, -0.2) is 0 Å². The molecule has 3 heterocycles.